The van der Waals surface area contributed by atoms with Crippen LogP contribution in [0.25, 0.3) is 0 Å². The number of carbonyl (C=O) groups excluding carboxylic acids is 1. The summed E-state index contributed by atoms with van der Waals surface area (Å²) in [5, 5.41) is 12.9. The van der Waals surface area contributed by atoms with Crippen molar-refractivity contribution in [1.29, 1.82) is 5.26 Å². The number of hydrogen-bond donors (Lipinski definition) is 0. The highest BCUT2D eigenvalue weighted by molar-refractivity contribution is 5.76. The molecule has 0 radical (unpaired) electrons. The predicted molar refractivity (Wildman–Crippen MR) is 83.7 cm³/mol. The SMILES string of the molecule is CC(C)N(Cc1ccc(C#N)cc1)C(=O)CCn1cccn1. The van der Waals surface area contributed by atoms with Crippen molar-refractivity contribution in [1.82, 2.24) is 14.7 Å². The van der Waals surface area contributed by atoms with Crippen LogP contribution in [0.3, 0.4) is 0 Å². The van der Waals surface area contributed by atoms with Crippen LogP contribution in [0.15, 0.2) is 42.7 Å². The van der Waals surface area contributed by atoms with Crippen LogP contribution in [0.2, 0.25) is 0 Å². The van der Waals surface area contributed by atoms with Crippen LogP contribution in [0.5, 0.6) is 0 Å². The van der Waals surface area contributed by atoms with Crippen LogP contribution in [0.4, 0.5) is 0 Å². The first-order valence-electron chi connectivity index (χ1n) is 7.36. The molecule has 1 heterocycles. The van der Waals surface area contributed by atoms with Crippen LogP contribution in [-0.2, 0) is 17.9 Å². The van der Waals surface area contributed by atoms with E-state index in [0.29, 0.717) is 25.1 Å². The van der Waals surface area contributed by atoms with Gasteiger partial charge >= 0.3 is 0 Å². The minimum Gasteiger partial charge on any atom is -0.336 e. The molecule has 0 N–H and O–H groups in total. The summed E-state index contributed by atoms with van der Waals surface area (Å²) >= 11 is 0. The normalized spacial score (nSPS) is 10.5. The summed E-state index contributed by atoms with van der Waals surface area (Å²) in [7, 11) is 0. The molecule has 0 saturated heterocycles. The zero-order valence-corrected chi connectivity index (χ0v) is 12.9. The molecule has 2 aromatic rings. The van der Waals surface area contributed by atoms with Crippen molar-refractivity contribution >= 4 is 5.91 Å². The minimum atomic E-state index is 0.106. The summed E-state index contributed by atoms with van der Waals surface area (Å²) in [4.78, 5) is 14.3. The molecule has 2 rings (SSSR count). The lowest BCUT2D eigenvalue weighted by Crippen LogP contribution is -2.36. The number of rotatable bonds is 6. The molecule has 114 valence electrons. The zero-order chi connectivity index (χ0) is 15.9. The van der Waals surface area contributed by atoms with Gasteiger partial charge in [-0.15, -0.1) is 0 Å². The number of aryl methyl sites for hydroxylation is 1. The van der Waals surface area contributed by atoms with Gasteiger partial charge in [-0.3, -0.25) is 9.48 Å². The molecular weight excluding hydrogens is 276 g/mol. The maximum Gasteiger partial charge on any atom is 0.224 e. The highest BCUT2D eigenvalue weighted by Crippen LogP contribution is 2.11. The van der Waals surface area contributed by atoms with Crippen LogP contribution >= 0.6 is 0 Å². The van der Waals surface area contributed by atoms with E-state index in [2.05, 4.69) is 11.2 Å². The molecule has 0 saturated carbocycles. The van der Waals surface area contributed by atoms with E-state index in [4.69, 9.17) is 5.26 Å². The molecule has 1 aromatic heterocycles. The quantitative estimate of drug-likeness (QED) is 0.823. The van der Waals surface area contributed by atoms with E-state index in [1.165, 1.54) is 0 Å². The molecule has 1 aromatic carbocycles. The highest BCUT2D eigenvalue weighted by Gasteiger charge is 2.17. The predicted octanol–water partition coefficient (Wildman–Crippen LogP) is 2.58. The Bertz CT molecular complexity index is 638. The van der Waals surface area contributed by atoms with Gasteiger partial charge in [0.1, 0.15) is 0 Å². The van der Waals surface area contributed by atoms with Gasteiger partial charge in [-0.2, -0.15) is 10.4 Å². The summed E-state index contributed by atoms with van der Waals surface area (Å²) in [6, 6.07) is 11.4. The molecule has 0 aliphatic heterocycles. The van der Waals surface area contributed by atoms with Crippen molar-refractivity contribution in [3.05, 3.63) is 53.9 Å². The average Bonchev–Trinajstić information content (AvgIpc) is 3.04. The third-order valence-electron chi connectivity index (χ3n) is 3.49. The Morgan fingerprint density at radius 2 is 2.09 bits per heavy atom. The number of carbonyl (C=O) groups is 1. The summed E-state index contributed by atoms with van der Waals surface area (Å²) in [6.07, 6.45) is 3.99. The molecule has 0 aliphatic carbocycles. The van der Waals surface area contributed by atoms with Gasteiger partial charge in [-0.25, -0.2) is 0 Å². The first kappa shape index (κ1) is 15.8. The van der Waals surface area contributed by atoms with E-state index in [0.717, 1.165) is 5.56 Å². The number of hydrogen-bond acceptors (Lipinski definition) is 3. The van der Waals surface area contributed by atoms with Gasteiger partial charge in [0.15, 0.2) is 0 Å². The zero-order valence-electron chi connectivity index (χ0n) is 12.9. The molecule has 0 spiro atoms. The van der Waals surface area contributed by atoms with Gasteiger partial charge in [-0.05, 0) is 37.6 Å². The second-order valence-corrected chi connectivity index (χ2v) is 5.44. The number of amides is 1. The fourth-order valence-corrected chi connectivity index (χ4v) is 2.23. The van der Waals surface area contributed by atoms with Gasteiger partial charge in [-0.1, -0.05) is 12.1 Å². The van der Waals surface area contributed by atoms with Gasteiger partial charge in [0.2, 0.25) is 5.91 Å². The Hall–Kier alpha value is -2.61. The monoisotopic (exact) mass is 296 g/mol. The molecule has 0 atom stereocenters. The second kappa shape index (κ2) is 7.41. The van der Waals surface area contributed by atoms with E-state index in [1.807, 2.05) is 43.1 Å². The lowest BCUT2D eigenvalue weighted by atomic mass is 10.1. The van der Waals surface area contributed by atoms with Crippen molar-refractivity contribution in [2.24, 2.45) is 0 Å². The van der Waals surface area contributed by atoms with E-state index >= 15 is 0 Å². The van der Waals surface area contributed by atoms with Gasteiger partial charge < -0.3 is 4.90 Å². The Morgan fingerprint density at radius 1 is 1.36 bits per heavy atom. The standard InChI is InChI=1S/C17H20N4O/c1-14(2)21(13-16-6-4-15(12-18)5-7-16)17(22)8-11-20-10-3-9-19-20/h3-7,9-10,14H,8,11,13H2,1-2H3. The Morgan fingerprint density at radius 3 is 2.64 bits per heavy atom. The lowest BCUT2D eigenvalue weighted by Gasteiger charge is -2.27. The minimum absolute atomic E-state index is 0.106. The van der Waals surface area contributed by atoms with E-state index in [-0.39, 0.29) is 11.9 Å². The van der Waals surface area contributed by atoms with E-state index in [1.54, 1.807) is 23.0 Å². The lowest BCUT2D eigenvalue weighted by molar-refractivity contribution is -0.133. The van der Waals surface area contributed by atoms with Gasteiger partial charge in [0.25, 0.3) is 0 Å². The fraction of sp³-hybridized carbons (Fsp3) is 0.353. The second-order valence-electron chi connectivity index (χ2n) is 5.44. The van der Waals surface area contributed by atoms with Crippen LogP contribution in [0.1, 0.15) is 31.4 Å². The average molecular weight is 296 g/mol. The summed E-state index contributed by atoms with van der Waals surface area (Å²) in [5.74, 6) is 0.106. The third-order valence-corrected chi connectivity index (χ3v) is 3.49. The topological polar surface area (TPSA) is 61.9 Å². The van der Waals surface area contributed by atoms with Crippen LogP contribution in [0, 0.1) is 11.3 Å². The van der Waals surface area contributed by atoms with E-state index in [9.17, 15) is 4.79 Å². The first-order chi connectivity index (χ1) is 10.6. The molecule has 0 unspecified atom stereocenters. The largest absolute Gasteiger partial charge is 0.336 e. The summed E-state index contributed by atoms with van der Waals surface area (Å²) < 4.78 is 1.76. The smallest absolute Gasteiger partial charge is 0.224 e. The molecule has 0 bridgehead atoms. The third kappa shape index (κ3) is 4.19. The number of nitrogens with zero attached hydrogens (tertiary/aromatic N) is 4. The fourth-order valence-electron chi connectivity index (χ4n) is 2.23. The van der Waals surface area contributed by atoms with Crippen molar-refractivity contribution in [2.75, 3.05) is 0 Å². The Kier molecular flexibility index (Phi) is 5.31. The molecular formula is C17H20N4O. The van der Waals surface area contributed by atoms with Gasteiger partial charge in [0, 0.05) is 37.9 Å². The van der Waals surface area contributed by atoms with Crippen LogP contribution < -0.4 is 0 Å². The summed E-state index contributed by atoms with van der Waals surface area (Å²) in [6.45, 7) is 5.16. The highest BCUT2D eigenvalue weighted by atomic mass is 16.2. The van der Waals surface area contributed by atoms with Crippen LogP contribution in [-0.4, -0.2) is 26.6 Å². The summed E-state index contributed by atoms with van der Waals surface area (Å²) in [5.41, 5.74) is 1.66. The number of benzene rings is 1. The molecule has 5 heteroatoms. The Balaban J connectivity index is 1.99. The molecule has 0 aliphatic rings. The molecule has 5 nitrogen and oxygen atoms in total. The first-order valence-corrected chi connectivity index (χ1v) is 7.36. The molecule has 22 heavy (non-hydrogen) atoms. The van der Waals surface area contributed by atoms with E-state index < -0.39 is 0 Å². The number of nitriles is 1. The molecule has 0 fully saturated rings. The van der Waals surface area contributed by atoms with Crippen molar-refractivity contribution in [3.8, 4) is 6.07 Å². The van der Waals surface area contributed by atoms with Crippen molar-refractivity contribution < 1.29 is 4.79 Å². The maximum absolute atomic E-state index is 12.4. The van der Waals surface area contributed by atoms with Crippen molar-refractivity contribution in [2.45, 2.75) is 39.4 Å². The van der Waals surface area contributed by atoms with Gasteiger partial charge in [0.05, 0.1) is 11.6 Å². The molecule has 1 amide bonds. The Labute approximate surface area is 130 Å². The maximum atomic E-state index is 12.4. The van der Waals surface area contributed by atoms with Crippen molar-refractivity contribution in [3.63, 3.8) is 0 Å². The number of aromatic nitrogens is 2.